The molecule has 2 heterocycles. The van der Waals surface area contributed by atoms with Crippen LogP contribution in [0.15, 0.2) is 24.3 Å². The molecule has 1 unspecified atom stereocenters. The van der Waals surface area contributed by atoms with Crippen molar-refractivity contribution < 1.29 is 18.3 Å². The average Bonchev–Trinajstić information content (AvgIpc) is 2.84. The van der Waals surface area contributed by atoms with Crippen LogP contribution in [0.2, 0.25) is 0 Å². The largest absolute Gasteiger partial charge is 0.480 e. The van der Waals surface area contributed by atoms with Gasteiger partial charge in [-0.15, -0.1) is 0 Å². The molecule has 6 nitrogen and oxygen atoms in total. The summed E-state index contributed by atoms with van der Waals surface area (Å²) in [4.78, 5) is 14.3. The summed E-state index contributed by atoms with van der Waals surface area (Å²) in [5, 5.41) is 8.53. The van der Waals surface area contributed by atoms with Gasteiger partial charge in [0.25, 0.3) is 0 Å². The van der Waals surface area contributed by atoms with Crippen molar-refractivity contribution in [3.05, 3.63) is 35.5 Å². The highest BCUT2D eigenvalue weighted by Crippen LogP contribution is 2.29. The Kier molecular flexibility index (Phi) is 3.26. The number of para-hydroxylation sites is 1. The first-order chi connectivity index (χ1) is 9.91. The molecular formula is C14H16N2O4S. The summed E-state index contributed by atoms with van der Waals surface area (Å²) < 4.78 is 25.9. The van der Waals surface area contributed by atoms with Crippen molar-refractivity contribution >= 4 is 26.9 Å². The van der Waals surface area contributed by atoms with E-state index in [2.05, 4.69) is 4.98 Å². The smallest absolute Gasteiger partial charge is 0.323 e. The molecule has 0 amide bonds. The van der Waals surface area contributed by atoms with Crippen LogP contribution in [0, 0.1) is 0 Å². The Bertz CT molecular complexity index is 809. The predicted octanol–water partition coefficient (Wildman–Crippen LogP) is 1.33. The first kappa shape index (κ1) is 14.1. The van der Waals surface area contributed by atoms with Crippen LogP contribution in [0.25, 0.3) is 10.9 Å². The number of sulfonamides is 1. The standard InChI is InChI=1S/C14H16N2O4S/c1-9(14(17)18)21(19,20)16-7-6-13-11(8-16)10-4-2-3-5-12(10)15-13/h2-5,9,15H,6-8H2,1H3,(H,17,18). The number of nitrogens with one attached hydrogen (secondary N) is 1. The second-order valence-electron chi connectivity index (χ2n) is 5.24. The number of benzene rings is 1. The van der Waals surface area contributed by atoms with Crippen molar-refractivity contribution in [3.8, 4) is 0 Å². The molecule has 1 aliphatic heterocycles. The van der Waals surface area contributed by atoms with E-state index in [4.69, 9.17) is 5.11 Å². The lowest BCUT2D eigenvalue weighted by atomic mass is 10.1. The van der Waals surface area contributed by atoms with Gasteiger partial charge in [-0.1, -0.05) is 18.2 Å². The number of carboxylic acids is 1. The Morgan fingerprint density at radius 3 is 2.81 bits per heavy atom. The lowest BCUT2D eigenvalue weighted by Crippen LogP contribution is -2.43. The number of fused-ring (bicyclic) bond motifs is 3. The third-order valence-electron chi connectivity index (χ3n) is 4.00. The summed E-state index contributed by atoms with van der Waals surface area (Å²) in [6.07, 6.45) is 0.565. The highest BCUT2D eigenvalue weighted by Gasteiger charge is 2.36. The minimum Gasteiger partial charge on any atom is -0.480 e. The SMILES string of the molecule is CC(C(=O)O)S(=O)(=O)N1CCc2[nH]c3ccccc3c2C1. The molecule has 1 atom stereocenters. The summed E-state index contributed by atoms with van der Waals surface area (Å²) in [5.74, 6) is -1.32. The van der Waals surface area contributed by atoms with Crippen LogP contribution in [0.4, 0.5) is 0 Å². The molecular weight excluding hydrogens is 292 g/mol. The number of rotatable bonds is 3. The summed E-state index contributed by atoms with van der Waals surface area (Å²) in [5.41, 5.74) is 2.96. The maximum Gasteiger partial charge on any atom is 0.323 e. The number of aliphatic carboxylic acids is 1. The van der Waals surface area contributed by atoms with E-state index < -0.39 is 21.2 Å². The number of carbonyl (C=O) groups is 1. The third kappa shape index (κ3) is 2.22. The molecule has 0 bridgehead atoms. The van der Waals surface area contributed by atoms with Crippen LogP contribution in [-0.4, -0.2) is 40.6 Å². The Hall–Kier alpha value is -1.86. The Morgan fingerprint density at radius 2 is 2.10 bits per heavy atom. The van der Waals surface area contributed by atoms with E-state index >= 15 is 0 Å². The van der Waals surface area contributed by atoms with Gasteiger partial charge >= 0.3 is 5.97 Å². The normalized spacial score (nSPS) is 17.6. The van der Waals surface area contributed by atoms with Crippen LogP contribution < -0.4 is 0 Å². The molecule has 1 aromatic heterocycles. The minimum atomic E-state index is -3.83. The van der Waals surface area contributed by atoms with Gasteiger partial charge in [0.05, 0.1) is 0 Å². The molecule has 1 aliphatic rings. The quantitative estimate of drug-likeness (QED) is 0.895. The van der Waals surface area contributed by atoms with Crippen LogP contribution in [-0.2, 0) is 27.8 Å². The number of hydrogen-bond donors (Lipinski definition) is 2. The van der Waals surface area contributed by atoms with Crippen LogP contribution in [0.3, 0.4) is 0 Å². The van der Waals surface area contributed by atoms with Gasteiger partial charge < -0.3 is 10.1 Å². The Labute approximate surface area is 122 Å². The molecule has 2 aromatic rings. The number of aromatic amines is 1. The number of hydrogen-bond acceptors (Lipinski definition) is 3. The van der Waals surface area contributed by atoms with E-state index in [1.165, 1.54) is 11.2 Å². The minimum absolute atomic E-state index is 0.222. The van der Waals surface area contributed by atoms with E-state index in [1.807, 2.05) is 24.3 Å². The van der Waals surface area contributed by atoms with Gasteiger partial charge in [0.15, 0.2) is 5.25 Å². The number of nitrogens with zero attached hydrogens (tertiary/aromatic N) is 1. The summed E-state index contributed by atoms with van der Waals surface area (Å²) >= 11 is 0. The fraction of sp³-hybridized carbons (Fsp3) is 0.357. The summed E-state index contributed by atoms with van der Waals surface area (Å²) in [7, 11) is -3.83. The molecule has 21 heavy (non-hydrogen) atoms. The van der Waals surface area contributed by atoms with Crippen molar-refractivity contribution in [1.29, 1.82) is 0 Å². The first-order valence-electron chi connectivity index (χ1n) is 6.71. The first-order valence-corrected chi connectivity index (χ1v) is 8.22. The zero-order valence-electron chi connectivity index (χ0n) is 11.5. The van der Waals surface area contributed by atoms with Crippen molar-refractivity contribution in [2.75, 3.05) is 6.54 Å². The fourth-order valence-electron chi connectivity index (χ4n) is 2.71. The molecule has 1 aromatic carbocycles. The molecule has 0 radical (unpaired) electrons. The van der Waals surface area contributed by atoms with E-state index in [9.17, 15) is 13.2 Å². The van der Waals surface area contributed by atoms with Crippen molar-refractivity contribution in [3.63, 3.8) is 0 Å². The van der Waals surface area contributed by atoms with E-state index in [0.717, 1.165) is 22.2 Å². The van der Waals surface area contributed by atoms with Gasteiger partial charge in [0.2, 0.25) is 10.0 Å². The van der Waals surface area contributed by atoms with Gasteiger partial charge in [-0.05, 0) is 18.6 Å². The highest BCUT2D eigenvalue weighted by atomic mass is 32.2. The van der Waals surface area contributed by atoms with E-state index in [-0.39, 0.29) is 6.54 Å². The Balaban J connectivity index is 1.99. The molecule has 3 rings (SSSR count). The average molecular weight is 308 g/mol. The zero-order chi connectivity index (χ0) is 15.2. The lowest BCUT2D eigenvalue weighted by Gasteiger charge is -2.28. The molecule has 0 saturated heterocycles. The molecule has 0 spiro atoms. The monoisotopic (exact) mass is 308 g/mol. The van der Waals surface area contributed by atoms with Gasteiger partial charge in [-0.3, -0.25) is 4.79 Å². The van der Waals surface area contributed by atoms with Gasteiger partial charge in [-0.25, -0.2) is 8.42 Å². The van der Waals surface area contributed by atoms with E-state index in [1.54, 1.807) is 0 Å². The number of carboxylic acid groups (broad SMARTS) is 1. The molecule has 2 N–H and O–H groups in total. The van der Waals surface area contributed by atoms with Crippen LogP contribution in [0.5, 0.6) is 0 Å². The summed E-state index contributed by atoms with van der Waals surface area (Å²) in [6.45, 7) is 1.74. The second kappa shape index (κ2) is 4.85. The van der Waals surface area contributed by atoms with E-state index in [0.29, 0.717) is 13.0 Å². The second-order valence-corrected chi connectivity index (χ2v) is 7.49. The number of H-pyrrole nitrogens is 1. The van der Waals surface area contributed by atoms with Crippen LogP contribution in [0.1, 0.15) is 18.2 Å². The van der Waals surface area contributed by atoms with Gasteiger partial charge in [0, 0.05) is 36.1 Å². The van der Waals surface area contributed by atoms with Gasteiger partial charge in [0.1, 0.15) is 0 Å². The fourth-order valence-corrected chi connectivity index (χ4v) is 4.07. The lowest BCUT2D eigenvalue weighted by molar-refractivity contribution is -0.136. The number of aromatic nitrogens is 1. The van der Waals surface area contributed by atoms with Crippen LogP contribution >= 0.6 is 0 Å². The molecule has 112 valence electrons. The van der Waals surface area contributed by atoms with Crippen molar-refractivity contribution in [2.24, 2.45) is 0 Å². The summed E-state index contributed by atoms with van der Waals surface area (Å²) in [6, 6.07) is 7.73. The zero-order valence-corrected chi connectivity index (χ0v) is 12.4. The maximum absolute atomic E-state index is 12.3. The van der Waals surface area contributed by atoms with Crippen molar-refractivity contribution in [1.82, 2.24) is 9.29 Å². The molecule has 7 heteroatoms. The predicted molar refractivity (Wildman–Crippen MR) is 78.4 cm³/mol. The maximum atomic E-state index is 12.3. The van der Waals surface area contributed by atoms with Gasteiger partial charge in [-0.2, -0.15) is 4.31 Å². The van der Waals surface area contributed by atoms with Crippen molar-refractivity contribution in [2.45, 2.75) is 25.1 Å². The molecule has 0 aliphatic carbocycles. The molecule has 0 fully saturated rings. The third-order valence-corrected chi connectivity index (χ3v) is 6.13. The highest BCUT2D eigenvalue weighted by molar-refractivity contribution is 7.90. The Morgan fingerprint density at radius 1 is 1.38 bits per heavy atom. The topological polar surface area (TPSA) is 90.5 Å². The molecule has 0 saturated carbocycles.